The molecule has 1 saturated heterocycles. The highest BCUT2D eigenvalue weighted by molar-refractivity contribution is 8.29. The maximum absolute atomic E-state index is 6.04. The first-order chi connectivity index (χ1) is 8.29. The molecule has 3 nitrogen and oxygen atoms in total. The molecule has 1 heterocycles. The zero-order valence-electron chi connectivity index (χ0n) is 12.7. The minimum Gasteiger partial charge on any atom is -0.377 e. The molecule has 0 aromatic carbocycles. The van der Waals surface area contributed by atoms with E-state index in [1.54, 1.807) is 14.2 Å². The lowest BCUT2D eigenvalue weighted by Crippen LogP contribution is -2.46. The molecule has 1 fully saturated rings. The first-order valence-corrected chi connectivity index (χ1v) is 13.3. The van der Waals surface area contributed by atoms with Crippen LogP contribution < -0.4 is 0 Å². The molecule has 18 heavy (non-hydrogen) atoms. The molecule has 1 aliphatic rings. The lowest BCUT2D eigenvalue weighted by Gasteiger charge is -2.41. The van der Waals surface area contributed by atoms with Gasteiger partial charge >= 0.3 is 8.80 Å². The first-order valence-electron chi connectivity index (χ1n) is 6.67. The van der Waals surface area contributed by atoms with Crippen molar-refractivity contribution in [2.45, 2.75) is 50.9 Å². The van der Waals surface area contributed by atoms with Crippen LogP contribution in [0.25, 0.3) is 0 Å². The molecular formula is C12H28O3SSi2. The molecule has 6 heteroatoms. The van der Waals surface area contributed by atoms with Gasteiger partial charge in [0, 0.05) is 26.9 Å². The van der Waals surface area contributed by atoms with E-state index in [1.807, 2.05) is 0 Å². The van der Waals surface area contributed by atoms with Gasteiger partial charge in [0.2, 0.25) is 0 Å². The van der Waals surface area contributed by atoms with Gasteiger partial charge in [0.1, 0.15) is 7.22 Å². The molecule has 0 radical (unpaired) electrons. The zero-order valence-corrected chi connectivity index (χ0v) is 15.5. The highest BCUT2D eigenvalue weighted by Gasteiger charge is 2.44. The summed E-state index contributed by atoms with van der Waals surface area (Å²) in [6.07, 6.45) is 2.23. The van der Waals surface area contributed by atoms with Gasteiger partial charge in [-0.05, 0) is 23.6 Å². The van der Waals surface area contributed by atoms with Gasteiger partial charge in [-0.1, -0.05) is 26.9 Å². The first kappa shape index (κ1) is 16.7. The average molecular weight is 309 g/mol. The van der Waals surface area contributed by atoms with E-state index in [4.69, 9.17) is 13.3 Å². The molecule has 108 valence electrons. The number of hydrogen-bond acceptors (Lipinski definition) is 4. The van der Waals surface area contributed by atoms with Crippen LogP contribution in [-0.4, -0.2) is 42.6 Å². The lowest BCUT2D eigenvalue weighted by atomic mass is 10.1. The maximum Gasteiger partial charge on any atom is 0.500 e. The molecule has 0 aromatic rings. The van der Waals surface area contributed by atoms with E-state index >= 15 is 0 Å². The van der Waals surface area contributed by atoms with Crippen molar-refractivity contribution < 1.29 is 13.3 Å². The summed E-state index contributed by atoms with van der Waals surface area (Å²) in [4.78, 5) is 0. The normalized spacial score (nSPS) is 27.7. The fourth-order valence-corrected chi connectivity index (χ4v) is 9.62. The predicted octanol–water partition coefficient (Wildman–Crippen LogP) is 3.75. The van der Waals surface area contributed by atoms with Gasteiger partial charge in [0.25, 0.3) is 0 Å². The number of hydrogen-bond donors (Lipinski definition) is 0. The SMILES string of the molecule is CO[Si]1(OC)CCCS[Si](C)(C)C(C)(C)CCO1. The summed E-state index contributed by atoms with van der Waals surface area (Å²) < 4.78 is 17.2. The van der Waals surface area contributed by atoms with Crippen molar-refractivity contribution >= 4 is 27.2 Å². The summed E-state index contributed by atoms with van der Waals surface area (Å²) in [5.41, 5.74) is 0. The van der Waals surface area contributed by atoms with Gasteiger partial charge < -0.3 is 13.3 Å². The topological polar surface area (TPSA) is 27.7 Å². The molecular weight excluding hydrogens is 280 g/mol. The molecule has 0 amide bonds. The van der Waals surface area contributed by atoms with Crippen molar-refractivity contribution in [2.75, 3.05) is 26.6 Å². The van der Waals surface area contributed by atoms with Gasteiger partial charge in [0.15, 0.2) is 0 Å². The Labute approximate surface area is 118 Å². The van der Waals surface area contributed by atoms with Crippen LogP contribution in [0, 0.1) is 0 Å². The molecule has 1 aliphatic heterocycles. The Kier molecular flexibility index (Phi) is 5.95. The monoisotopic (exact) mass is 308 g/mol. The Balaban J connectivity index is 2.76. The van der Waals surface area contributed by atoms with Crippen LogP contribution in [0.15, 0.2) is 0 Å². The molecule has 0 spiro atoms. The van der Waals surface area contributed by atoms with Crippen LogP contribution in [0.3, 0.4) is 0 Å². The second kappa shape index (κ2) is 6.41. The van der Waals surface area contributed by atoms with Crippen molar-refractivity contribution in [2.24, 2.45) is 0 Å². The van der Waals surface area contributed by atoms with Gasteiger partial charge in [-0.2, -0.15) is 11.2 Å². The van der Waals surface area contributed by atoms with Gasteiger partial charge in [-0.25, -0.2) is 0 Å². The van der Waals surface area contributed by atoms with Crippen LogP contribution >= 0.6 is 11.2 Å². The fourth-order valence-electron chi connectivity index (χ4n) is 2.05. The molecule has 1 rings (SSSR count). The van der Waals surface area contributed by atoms with E-state index in [-0.39, 0.29) is 0 Å². The van der Waals surface area contributed by atoms with E-state index in [9.17, 15) is 0 Å². The number of rotatable bonds is 2. The summed E-state index contributed by atoms with van der Waals surface area (Å²) in [6, 6.07) is 0.942. The van der Waals surface area contributed by atoms with Crippen molar-refractivity contribution in [3.8, 4) is 0 Å². The summed E-state index contributed by atoms with van der Waals surface area (Å²) >= 11 is 2.20. The van der Waals surface area contributed by atoms with E-state index in [0.717, 1.165) is 25.5 Å². The Bertz CT molecular complexity index is 264. The minimum atomic E-state index is -2.37. The second-order valence-corrected chi connectivity index (χ2v) is 18.0. The Hall–Kier alpha value is 0.664. The van der Waals surface area contributed by atoms with Crippen LogP contribution in [-0.2, 0) is 13.3 Å². The molecule has 0 aromatic heterocycles. The van der Waals surface area contributed by atoms with Gasteiger partial charge in [0.05, 0.1) is 0 Å². The highest BCUT2D eigenvalue weighted by atomic mass is 32.4. The average Bonchev–Trinajstić information content (AvgIpc) is 2.31. The standard InChI is InChI=1S/C12H28O3SSi2/c1-12(2)8-9-15-18(13-3,14-4)11-7-10-16-17(12,5)6/h7-11H2,1-6H3. The van der Waals surface area contributed by atoms with E-state index in [0.29, 0.717) is 5.04 Å². The molecule has 0 bridgehead atoms. The Morgan fingerprint density at radius 3 is 2.33 bits per heavy atom. The van der Waals surface area contributed by atoms with Crippen LogP contribution in [0.1, 0.15) is 26.7 Å². The van der Waals surface area contributed by atoms with Crippen LogP contribution in [0.2, 0.25) is 24.2 Å². The molecule has 0 aliphatic carbocycles. The zero-order chi connectivity index (χ0) is 13.9. The second-order valence-electron chi connectivity index (χ2n) is 6.04. The third kappa shape index (κ3) is 3.83. The third-order valence-electron chi connectivity index (χ3n) is 4.39. The Morgan fingerprint density at radius 1 is 1.17 bits per heavy atom. The maximum atomic E-state index is 6.04. The van der Waals surface area contributed by atoms with Crippen molar-refractivity contribution in [3.63, 3.8) is 0 Å². The highest BCUT2D eigenvalue weighted by Crippen LogP contribution is 2.47. The van der Waals surface area contributed by atoms with Crippen molar-refractivity contribution in [1.29, 1.82) is 0 Å². The van der Waals surface area contributed by atoms with Crippen LogP contribution in [0.5, 0.6) is 0 Å². The van der Waals surface area contributed by atoms with Gasteiger partial charge in [-0.15, -0.1) is 0 Å². The quantitative estimate of drug-likeness (QED) is 0.726. The molecule has 0 atom stereocenters. The Morgan fingerprint density at radius 2 is 1.78 bits per heavy atom. The van der Waals surface area contributed by atoms with E-state index in [1.165, 1.54) is 5.75 Å². The minimum absolute atomic E-state index is 0.386. The van der Waals surface area contributed by atoms with Crippen LogP contribution in [0.4, 0.5) is 0 Å². The summed E-state index contributed by atoms with van der Waals surface area (Å²) in [5, 5.41) is 0.386. The van der Waals surface area contributed by atoms with E-state index < -0.39 is 16.0 Å². The summed E-state index contributed by atoms with van der Waals surface area (Å²) in [7, 11) is -0.185. The van der Waals surface area contributed by atoms with Gasteiger partial charge in [-0.3, -0.25) is 0 Å². The molecule has 0 N–H and O–H groups in total. The fraction of sp³-hybridized carbons (Fsp3) is 1.00. The summed E-state index contributed by atoms with van der Waals surface area (Å²) in [5.74, 6) is 1.20. The molecule has 0 unspecified atom stereocenters. The van der Waals surface area contributed by atoms with Crippen molar-refractivity contribution in [3.05, 3.63) is 0 Å². The summed E-state index contributed by atoms with van der Waals surface area (Å²) in [6.45, 7) is 10.5. The largest absolute Gasteiger partial charge is 0.500 e. The van der Waals surface area contributed by atoms with Crippen molar-refractivity contribution in [1.82, 2.24) is 0 Å². The van der Waals surface area contributed by atoms with E-state index in [2.05, 4.69) is 38.2 Å². The molecule has 0 saturated carbocycles. The lowest BCUT2D eigenvalue weighted by molar-refractivity contribution is 0.0938. The predicted molar refractivity (Wildman–Crippen MR) is 83.7 cm³/mol. The smallest absolute Gasteiger partial charge is 0.377 e. The third-order valence-corrected chi connectivity index (χ3v) is 16.4.